The van der Waals surface area contributed by atoms with Gasteiger partial charge in [-0.1, -0.05) is 6.07 Å². The van der Waals surface area contributed by atoms with Gasteiger partial charge in [0.2, 0.25) is 21.8 Å². The van der Waals surface area contributed by atoms with Crippen LogP contribution in [-0.4, -0.2) is 33.0 Å². The average Bonchev–Trinajstić information content (AvgIpc) is 2.51. The molecule has 0 aliphatic heterocycles. The van der Waals surface area contributed by atoms with Gasteiger partial charge in [-0.05, 0) is 61.4 Å². The Hall–Kier alpha value is -2.87. The van der Waals surface area contributed by atoms with Crippen molar-refractivity contribution >= 4 is 38.9 Å². The Morgan fingerprint density at radius 3 is 1.96 bits per heavy atom. The van der Waals surface area contributed by atoms with Crippen molar-refractivity contribution in [1.82, 2.24) is 0 Å². The first-order valence-corrected chi connectivity index (χ1v) is 10.1. The van der Waals surface area contributed by atoms with Gasteiger partial charge < -0.3 is 10.6 Å². The Morgan fingerprint density at radius 1 is 0.926 bits per heavy atom. The Balaban J connectivity index is 2.19. The maximum absolute atomic E-state index is 12.4. The summed E-state index contributed by atoms with van der Waals surface area (Å²) in [5, 5.41) is 5.34. The number of benzene rings is 2. The molecule has 0 radical (unpaired) electrons. The third-order valence-electron chi connectivity index (χ3n) is 3.67. The second-order valence-corrected chi connectivity index (χ2v) is 8.33. The second kappa shape index (κ2) is 8.22. The molecule has 2 aromatic carbocycles. The SMILES string of the molecule is CC(=O)Nc1ccc(N(CC(=O)Nc2cc(C)cc(C)c2)S(C)(=O)=O)cc1. The van der Waals surface area contributed by atoms with Crippen LogP contribution in [0.1, 0.15) is 18.1 Å². The van der Waals surface area contributed by atoms with Crippen LogP contribution in [0.2, 0.25) is 0 Å². The smallest absolute Gasteiger partial charge is 0.245 e. The number of carbonyl (C=O) groups is 2. The first-order chi connectivity index (χ1) is 12.5. The zero-order chi connectivity index (χ0) is 20.2. The summed E-state index contributed by atoms with van der Waals surface area (Å²) in [5.74, 6) is -0.674. The topological polar surface area (TPSA) is 95.6 Å². The molecule has 0 atom stereocenters. The monoisotopic (exact) mass is 389 g/mol. The molecule has 7 nitrogen and oxygen atoms in total. The van der Waals surface area contributed by atoms with Gasteiger partial charge in [0.15, 0.2) is 0 Å². The molecule has 27 heavy (non-hydrogen) atoms. The van der Waals surface area contributed by atoms with Gasteiger partial charge in [0.25, 0.3) is 0 Å². The van der Waals surface area contributed by atoms with E-state index < -0.39 is 15.9 Å². The van der Waals surface area contributed by atoms with E-state index >= 15 is 0 Å². The third kappa shape index (κ3) is 6.10. The van der Waals surface area contributed by atoms with Crippen molar-refractivity contribution in [2.45, 2.75) is 20.8 Å². The van der Waals surface area contributed by atoms with E-state index in [1.54, 1.807) is 12.1 Å². The van der Waals surface area contributed by atoms with E-state index in [2.05, 4.69) is 10.6 Å². The summed E-state index contributed by atoms with van der Waals surface area (Å²) in [5.41, 5.74) is 3.49. The number of amides is 2. The second-order valence-electron chi connectivity index (χ2n) is 6.42. The number of hydrogen-bond donors (Lipinski definition) is 2. The van der Waals surface area contributed by atoms with Gasteiger partial charge in [-0.25, -0.2) is 8.42 Å². The van der Waals surface area contributed by atoms with Crippen molar-refractivity contribution in [3.05, 3.63) is 53.6 Å². The Morgan fingerprint density at radius 2 is 1.48 bits per heavy atom. The lowest BCUT2D eigenvalue weighted by Gasteiger charge is -2.22. The van der Waals surface area contributed by atoms with Crippen LogP contribution in [0.25, 0.3) is 0 Å². The molecular formula is C19H23N3O4S. The van der Waals surface area contributed by atoms with Gasteiger partial charge in [-0.2, -0.15) is 0 Å². The molecular weight excluding hydrogens is 366 g/mol. The van der Waals surface area contributed by atoms with Crippen molar-refractivity contribution in [2.75, 3.05) is 27.7 Å². The molecule has 2 amide bonds. The Labute approximate surface area is 159 Å². The quantitative estimate of drug-likeness (QED) is 0.794. The maximum Gasteiger partial charge on any atom is 0.245 e. The van der Waals surface area contributed by atoms with E-state index in [4.69, 9.17) is 0 Å². The molecule has 0 unspecified atom stereocenters. The molecule has 0 bridgehead atoms. The van der Waals surface area contributed by atoms with Crippen LogP contribution in [0.4, 0.5) is 17.1 Å². The average molecular weight is 389 g/mol. The largest absolute Gasteiger partial charge is 0.326 e. The van der Waals surface area contributed by atoms with Crippen molar-refractivity contribution in [3.63, 3.8) is 0 Å². The number of aryl methyl sites for hydroxylation is 2. The molecule has 2 aromatic rings. The van der Waals surface area contributed by atoms with Gasteiger partial charge in [0.05, 0.1) is 11.9 Å². The van der Waals surface area contributed by atoms with Crippen molar-refractivity contribution in [2.24, 2.45) is 0 Å². The summed E-state index contributed by atoms with van der Waals surface area (Å²) in [6, 6.07) is 11.9. The number of sulfonamides is 1. The number of nitrogens with zero attached hydrogens (tertiary/aromatic N) is 1. The fraction of sp³-hybridized carbons (Fsp3) is 0.263. The van der Waals surface area contributed by atoms with E-state index in [1.165, 1.54) is 19.1 Å². The molecule has 0 fully saturated rings. The summed E-state index contributed by atoms with van der Waals surface area (Å²) in [6.07, 6.45) is 1.04. The van der Waals surface area contributed by atoms with Crippen LogP contribution >= 0.6 is 0 Å². The number of carbonyl (C=O) groups excluding carboxylic acids is 2. The molecule has 2 rings (SSSR count). The minimum Gasteiger partial charge on any atom is -0.326 e. The van der Waals surface area contributed by atoms with Crippen LogP contribution in [0.15, 0.2) is 42.5 Å². The zero-order valence-corrected chi connectivity index (χ0v) is 16.6. The fourth-order valence-electron chi connectivity index (χ4n) is 2.69. The molecule has 0 heterocycles. The first-order valence-electron chi connectivity index (χ1n) is 8.28. The molecule has 2 N–H and O–H groups in total. The van der Waals surface area contributed by atoms with E-state index in [9.17, 15) is 18.0 Å². The Kier molecular flexibility index (Phi) is 6.22. The highest BCUT2D eigenvalue weighted by Crippen LogP contribution is 2.21. The lowest BCUT2D eigenvalue weighted by Crippen LogP contribution is -2.37. The van der Waals surface area contributed by atoms with Gasteiger partial charge >= 0.3 is 0 Å². The maximum atomic E-state index is 12.4. The van der Waals surface area contributed by atoms with Crippen LogP contribution < -0.4 is 14.9 Å². The summed E-state index contributed by atoms with van der Waals surface area (Å²) in [4.78, 5) is 23.5. The van der Waals surface area contributed by atoms with Crippen LogP contribution in [0.3, 0.4) is 0 Å². The summed E-state index contributed by atoms with van der Waals surface area (Å²) in [6.45, 7) is 4.86. The highest BCUT2D eigenvalue weighted by Gasteiger charge is 2.21. The summed E-state index contributed by atoms with van der Waals surface area (Å²) in [7, 11) is -3.67. The summed E-state index contributed by atoms with van der Waals surface area (Å²) >= 11 is 0. The fourth-order valence-corrected chi connectivity index (χ4v) is 3.55. The number of nitrogens with one attached hydrogen (secondary N) is 2. The van der Waals surface area contributed by atoms with Gasteiger partial charge in [-0.15, -0.1) is 0 Å². The van der Waals surface area contributed by atoms with Crippen LogP contribution in [-0.2, 0) is 19.6 Å². The van der Waals surface area contributed by atoms with Gasteiger partial charge in [0.1, 0.15) is 6.54 Å². The molecule has 0 aromatic heterocycles. The van der Waals surface area contributed by atoms with Crippen molar-refractivity contribution in [1.29, 1.82) is 0 Å². The summed E-state index contributed by atoms with van der Waals surface area (Å²) < 4.78 is 25.4. The molecule has 0 saturated heterocycles. The van der Waals surface area contributed by atoms with E-state index in [-0.39, 0.29) is 12.5 Å². The van der Waals surface area contributed by atoms with Crippen LogP contribution in [0.5, 0.6) is 0 Å². The number of anilines is 3. The molecule has 8 heteroatoms. The van der Waals surface area contributed by atoms with Crippen LogP contribution in [0, 0.1) is 13.8 Å². The van der Waals surface area contributed by atoms with Gasteiger partial charge in [0, 0.05) is 18.3 Å². The number of hydrogen-bond acceptors (Lipinski definition) is 4. The van der Waals surface area contributed by atoms with E-state index in [0.717, 1.165) is 21.7 Å². The molecule has 0 spiro atoms. The highest BCUT2D eigenvalue weighted by molar-refractivity contribution is 7.92. The third-order valence-corrected chi connectivity index (χ3v) is 4.81. The van der Waals surface area contributed by atoms with Crippen molar-refractivity contribution < 1.29 is 18.0 Å². The molecule has 0 saturated carbocycles. The lowest BCUT2D eigenvalue weighted by molar-refractivity contribution is -0.115. The van der Waals surface area contributed by atoms with E-state index in [1.807, 2.05) is 32.0 Å². The van der Waals surface area contributed by atoms with E-state index in [0.29, 0.717) is 17.1 Å². The number of rotatable bonds is 6. The zero-order valence-electron chi connectivity index (χ0n) is 15.7. The minimum absolute atomic E-state index is 0.226. The Bertz CT molecular complexity index is 933. The molecule has 0 aliphatic rings. The standard InChI is InChI=1S/C19H23N3O4S/c1-13-9-14(2)11-17(10-13)21-19(24)12-22(27(4,25)26)18-7-5-16(6-8-18)20-15(3)23/h5-11H,12H2,1-4H3,(H,20,23)(H,21,24). The minimum atomic E-state index is -3.67. The lowest BCUT2D eigenvalue weighted by atomic mass is 10.1. The predicted octanol–water partition coefficient (Wildman–Crippen LogP) is 2.67. The predicted molar refractivity (Wildman–Crippen MR) is 107 cm³/mol. The van der Waals surface area contributed by atoms with Crippen molar-refractivity contribution in [3.8, 4) is 0 Å². The first kappa shape index (κ1) is 20.4. The molecule has 0 aliphatic carbocycles. The highest BCUT2D eigenvalue weighted by atomic mass is 32.2. The normalized spacial score (nSPS) is 11.0. The molecule has 144 valence electrons. The van der Waals surface area contributed by atoms with Gasteiger partial charge in [-0.3, -0.25) is 13.9 Å².